The first kappa shape index (κ1) is 13.2. The third-order valence-electron chi connectivity index (χ3n) is 2.67. The highest BCUT2D eigenvalue weighted by atomic mass is 19.1. The van der Waals surface area contributed by atoms with Gasteiger partial charge in [0.25, 0.3) is 0 Å². The number of carbonyl (C=O) groups is 1. The molecule has 0 aliphatic carbocycles. The molecule has 0 N–H and O–H groups in total. The molecule has 0 aliphatic rings. The van der Waals surface area contributed by atoms with Gasteiger partial charge in [0, 0.05) is 18.7 Å². The number of aryl methyl sites for hydroxylation is 1. The summed E-state index contributed by atoms with van der Waals surface area (Å²) in [7, 11) is 0. The average Bonchev–Trinajstić information content (AvgIpc) is 2.45. The molecule has 4 heteroatoms. The van der Waals surface area contributed by atoms with Crippen molar-refractivity contribution in [3.8, 4) is 5.75 Å². The van der Waals surface area contributed by atoms with E-state index in [1.165, 1.54) is 6.07 Å². The molecule has 19 heavy (non-hydrogen) atoms. The Bertz CT molecular complexity index is 543. The largest absolute Gasteiger partial charge is 0.487 e. The fourth-order valence-corrected chi connectivity index (χ4v) is 1.68. The lowest BCUT2D eigenvalue weighted by Gasteiger charge is -2.07. The van der Waals surface area contributed by atoms with Gasteiger partial charge in [-0.3, -0.25) is 4.98 Å². The summed E-state index contributed by atoms with van der Waals surface area (Å²) in [6.45, 7) is 0.300. The molecule has 0 saturated heterocycles. The summed E-state index contributed by atoms with van der Waals surface area (Å²) < 4.78 is 19.1. The van der Waals surface area contributed by atoms with Crippen LogP contribution in [0.3, 0.4) is 0 Å². The molecular weight excluding hydrogens is 245 g/mol. The lowest BCUT2D eigenvalue weighted by atomic mass is 10.1. The number of halogens is 1. The molecule has 1 aromatic heterocycles. The molecule has 1 aromatic carbocycles. The standard InChI is InChI=1S/C15H14FNO2/c16-15-10-14(7-6-12(15)4-3-9-18)19-11-13-5-1-2-8-17-13/h1-2,5-10H,3-4,11H2. The zero-order valence-electron chi connectivity index (χ0n) is 10.4. The minimum Gasteiger partial charge on any atom is -0.487 e. The Morgan fingerprint density at radius 2 is 2.16 bits per heavy atom. The molecule has 1 heterocycles. The minimum absolute atomic E-state index is 0.300. The Hall–Kier alpha value is -2.23. The molecule has 0 aliphatic heterocycles. The summed E-state index contributed by atoms with van der Waals surface area (Å²) in [4.78, 5) is 14.4. The van der Waals surface area contributed by atoms with Gasteiger partial charge in [-0.25, -0.2) is 4.39 Å². The molecule has 0 unspecified atom stereocenters. The van der Waals surface area contributed by atoms with E-state index in [9.17, 15) is 9.18 Å². The number of hydrogen-bond acceptors (Lipinski definition) is 3. The SMILES string of the molecule is O=CCCc1ccc(OCc2ccccn2)cc1F. The molecule has 0 fully saturated rings. The number of ether oxygens (including phenoxy) is 1. The van der Waals surface area contributed by atoms with Gasteiger partial charge in [0.1, 0.15) is 24.5 Å². The first-order valence-corrected chi connectivity index (χ1v) is 6.04. The van der Waals surface area contributed by atoms with E-state index >= 15 is 0 Å². The Morgan fingerprint density at radius 3 is 2.84 bits per heavy atom. The fourth-order valence-electron chi connectivity index (χ4n) is 1.68. The maximum Gasteiger partial charge on any atom is 0.130 e. The topological polar surface area (TPSA) is 39.2 Å². The van der Waals surface area contributed by atoms with Crippen LogP contribution in [0, 0.1) is 5.82 Å². The molecule has 98 valence electrons. The predicted octanol–water partition coefficient (Wildman–Crippen LogP) is 2.93. The van der Waals surface area contributed by atoms with Crippen molar-refractivity contribution < 1.29 is 13.9 Å². The third-order valence-corrected chi connectivity index (χ3v) is 2.67. The van der Waals surface area contributed by atoms with Crippen molar-refractivity contribution in [3.63, 3.8) is 0 Å². The second-order valence-electron chi connectivity index (χ2n) is 4.07. The van der Waals surface area contributed by atoms with Crippen LogP contribution in [-0.4, -0.2) is 11.3 Å². The van der Waals surface area contributed by atoms with E-state index in [-0.39, 0.29) is 5.82 Å². The van der Waals surface area contributed by atoms with Crippen molar-refractivity contribution in [2.75, 3.05) is 0 Å². The number of aldehydes is 1. The second kappa shape index (κ2) is 6.64. The van der Waals surface area contributed by atoms with Crippen molar-refractivity contribution in [2.24, 2.45) is 0 Å². The van der Waals surface area contributed by atoms with Gasteiger partial charge in [0.05, 0.1) is 5.69 Å². The predicted molar refractivity (Wildman–Crippen MR) is 69.4 cm³/mol. The number of carbonyl (C=O) groups excluding carboxylic acids is 1. The van der Waals surface area contributed by atoms with Crippen LogP contribution in [0.5, 0.6) is 5.75 Å². The lowest BCUT2D eigenvalue weighted by Crippen LogP contribution is -1.99. The quantitative estimate of drug-likeness (QED) is 0.749. The van der Waals surface area contributed by atoms with Crippen molar-refractivity contribution in [2.45, 2.75) is 19.4 Å². The smallest absolute Gasteiger partial charge is 0.130 e. The van der Waals surface area contributed by atoms with Crippen LogP contribution >= 0.6 is 0 Å². The van der Waals surface area contributed by atoms with Gasteiger partial charge >= 0.3 is 0 Å². The minimum atomic E-state index is -0.347. The van der Waals surface area contributed by atoms with Gasteiger partial charge in [0.15, 0.2) is 0 Å². The summed E-state index contributed by atoms with van der Waals surface area (Å²) in [6.07, 6.45) is 3.20. The number of hydrogen-bond donors (Lipinski definition) is 0. The molecule has 0 spiro atoms. The van der Waals surface area contributed by atoms with Crippen LogP contribution in [0.25, 0.3) is 0 Å². The van der Waals surface area contributed by atoms with Gasteiger partial charge in [0.2, 0.25) is 0 Å². The number of nitrogens with zero attached hydrogens (tertiary/aromatic N) is 1. The van der Waals surface area contributed by atoms with Crippen LogP contribution in [0.4, 0.5) is 4.39 Å². The maximum absolute atomic E-state index is 13.7. The Morgan fingerprint density at radius 1 is 1.26 bits per heavy atom. The van der Waals surface area contributed by atoms with Crippen LogP contribution in [0.1, 0.15) is 17.7 Å². The molecule has 0 saturated carbocycles. The molecule has 3 nitrogen and oxygen atoms in total. The Kier molecular flexibility index (Phi) is 4.61. The first-order chi connectivity index (χ1) is 9.29. The summed E-state index contributed by atoms with van der Waals surface area (Å²) >= 11 is 0. The van der Waals surface area contributed by atoms with Crippen molar-refractivity contribution in [3.05, 3.63) is 59.7 Å². The van der Waals surface area contributed by atoms with Crippen molar-refractivity contribution in [1.82, 2.24) is 4.98 Å². The summed E-state index contributed by atoms with van der Waals surface area (Å²) in [5, 5.41) is 0. The van der Waals surface area contributed by atoms with E-state index < -0.39 is 0 Å². The highest BCUT2D eigenvalue weighted by molar-refractivity contribution is 5.50. The number of pyridine rings is 1. The van der Waals surface area contributed by atoms with Crippen LogP contribution in [0.15, 0.2) is 42.6 Å². The molecule has 2 rings (SSSR count). The lowest BCUT2D eigenvalue weighted by molar-refractivity contribution is -0.107. The van der Waals surface area contributed by atoms with E-state index in [1.54, 1.807) is 18.3 Å². The van der Waals surface area contributed by atoms with E-state index in [0.29, 0.717) is 30.8 Å². The van der Waals surface area contributed by atoms with E-state index in [1.807, 2.05) is 18.2 Å². The van der Waals surface area contributed by atoms with E-state index in [2.05, 4.69) is 4.98 Å². The van der Waals surface area contributed by atoms with E-state index in [0.717, 1.165) is 12.0 Å². The highest BCUT2D eigenvalue weighted by Crippen LogP contribution is 2.18. The van der Waals surface area contributed by atoms with Gasteiger partial charge in [-0.05, 0) is 30.2 Å². The highest BCUT2D eigenvalue weighted by Gasteiger charge is 2.04. The zero-order chi connectivity index (χ0) is 13.5. The number of aromatic nitrogens is 1. The second-order valence-corrected chi connectivity index (χ2v) is 4.07. The Labute approximate surface area is 111 Å². The molecule has 0 atom stereocenters. The normalized spacial score (nSPS) is 10.2. The number of benzene rings is 1. The number of rotatable bonds is 6. The molecule has 0 amide bonds. The summed E-state index contributed by atoms with van der Waals surface area (Å²) in [5.74, 6) is 0.110. The molecular formula is C15H14FNO2. The van der Waals surface area contributed by atoms with Crippen LogP contribution in [-0.2, 0) is 17.8 Å². The van der Waals surface area contributed by atoms with Crippen LogP contribution in [0.2, 0.25) is 0 Å². The fraction of sp³-hybridized carbons (Fsp3) is 0.200. The molecule has 0 bridgehead atoms. The molecule has 0 radical (unpaired) electrons. The van der Waals surface area contributed by atoms with Gasteiger partial charge in [-0.15, -0.1) is 0 Å². The first-order valence-electron chi connectivity index (χ1n) is 6.04. The molecule has 2 aromatic rings. The maximum atomic E-state index is 13.7. The van der Waals surface area contributed by atoms with Crippen molar-refractivity contribution in [1.29, 1.82) is 0 Å². The monoisotopic (exact) mass is 259 g/mol. The van der Waals surface area contributed by atoms with Gasteiger partial charge in [-0.1, -0.05) is 12.1 Å². The van der Waals surface area contributed by atoms with Crippen LogP contribution < -0.4 is 4.74 Å². The van der Waals surface area contributed by atoms with Crippen molar-refractivity contribution >= 4 is 6.29 Å². The van der Waals surface area contributed by atoms with Gasteiger partial charge in [-0.2, -0.15) is 0 Å². The Balaban J connectivity index is 1.98. The van der Waals surface area contributed by atoms with E-state index in [4.69, 9.17) is 4.74 Å². The summed E-state index contributed by atoms with van der Waals surface area (Å²) in [6, 6.07) is 10.2. The third kappa shape index (κ3) is 3.88. The summed E-state index contributed by atoms with van der Waals surface area (Å²) in [5.41, 5.74) is 1.31. The average molecular weight is 259 g/mol. The zero-order valence-corrected chi connectivity index (χ0v) is 10.4. The van der Waals surface area contributed by atoms with Gasteiger partial charge < -0.3 is 9.53 Å².